The second-order valence-electron chi connectivity index (χ2n) is 4.73. The molecule has 0 saturated carbocycles. The zero-order chi connectivity index (χ0) is 13.8. The molecule has 102 valence electrons. The van der Waals surface area contributed by atoms with Gasteiger partial charge in [-0.1, -0.05) is 18.2 Å². The third-order valence-corrected chi connectivity index (χ3v) is 3.15. The number of carbonyl (C=O) groups is 1. The summed E-state index contributed by atoms with van der Waals surface area (Å²) in [5.41, 5.74) is 1.39. The van der Waals surface area contributed by atoms with Gasteiger partial charge in [-0.15, -0.1) is 0 Å². The third kappa shape index (κ3) is 2.93. The highest BCUT2D eigenvalue weighted by Crippen LogP contribution is 2.17. The SMILES string of the molecule is CC(CCCO)NC(=O)c1nn(C)c2ccccc12. The molecule has 1 unspecified atom stereocenters. The molecule has 0 saturated heterocycles. The molecule has 0 aliphatic heterocycles. The molecule has 0 aliphatic rings. The van der Waals surface area contributed by atoms with Crippen LogP contribution in [0.3, 0.4) is 0 Å². The van der Waals surface area contributed by atoms with E-state index in [1.165, 1.54) is 0 Å². The van der Waals surface area contributed by atoms with Gasteiger partial charge in [-0.2, -0.15) is 5.10 Å². The largest absolute Gasteiger partial charge is 0.396 e. The normalized spacial score (nSPS) is 12.6. The van der Waals surface area contributed by atoms with Gasteiger partial charge >= 0.3 is 0 Å². The van der Waals surface area contributed by atoms with Crippen molar-refractivity contribution in [2.24, 2.45) is 7.05 Å². The van der Waals surface area contributed by atoms with Gasteiger partial charge in [-0.3, -0.25) is 9.48 Å². The molecule has 2 rings (SSSR count). The number of para-hydroxylation sites is 1. The van der Waals surface area contributed by atoms with E-state index in [0.717, 1.165) is 17.3 Å². The summed E-state index contributed by atoms with van der Waals surface area (Å²) < 4.78 is 1.71. The Bertz CT molecular complexity index is 577. The highest BCUT2D eigenvalue weighted by molar-refractivity contribution is 6.04. The molecule has 1 heterocycles. The number of aliphatic hydroxyl groups is 1. The Morgan fingerprint density at radius 1 is 1.47 bits per heavy atom. The van der Waals surface area contributed by atoms with Gasteiger partial charge in [0.1, 0.15) is 0 Å². The number of benzene rings is 1. The molecule has 0 aliphatic carbocycles. The lowest BCUT2D eigenvalue weighted by Gasteiger charge is -2.11. The predicted octanol–water partition coefficient (Wildman–Crippen LogP) is 1.46. The summed E-state index contributed by atoms with van der Waals surface area (Å²) in [5.74, 6) is -0.165. The Hall–Kier alpha value is -1.88. The molecule has 1 amide bonds. The van der Waals surface area contributed by atoms with Crippen molar-refractivity contribution >= 4 is 16.8 Å². The van der Waals surface area contributed by atoms with E-state index in [4.69, 9.17) is 5.11 Å². The lowest BCUT2D eigenvalue weighted by Crippen LogP contribution is -2.33. The fourth-order valence-electron chi connectivity index (χ4n) is 2.14. The zero-order valence-corrected chi connectivity index (χ0v) is 11.3. The molecule has 0 spiro atoms. The maximum absolute atomic E-state index is 12.2. The van der Waals surface area contributed by atoms with E-state index in [1.807, 2.05) is 38.2 Å². The molecule has 0 radical (unpaired) electrons. The van der Waals surface area contributed by atoms with Crippen molar-refractivity contribution in [1.82, 2.24) is 15.1 Å². The maximum Gasteiger partial charge on any atom is 0.272 e. The van der Waals surface area contributed by atoms with Crippen LogP contribution in [0, 0.1) is 0 Å². The molecule has 1 atom stereocenters. The van der Waals surface area contributed by atoms with E-state index in [-0.39, 0.29) is 18.6 Å². The van der Waals surface area contributed by atoms with Gasteiger partial charge in [0, 0.05) is 25.1 Å². The van der Waals surface area contributed by atoms with Gasteiger partial charge in [0.2, 0.25) is 0 Å². The van der Waals surface area contributed by atoms with Crippen LogP contribution in [0.25, 0.3) is 10.9 Å². The van der Waals surface area contributed by atoms with Crippen molar-refractivity contribution in [2.45, 2.75) is 25.8 Å². The molecule has 0 fully saturated rings. The Labute approximate surface area is 112 Å². The number of hydrogen-bond acceptors (Lipinski definition) is 3. The van der Waals surface area contributed by atoms with Gasteiger partial charge in [0.25, 0.3) is 5.91 Å². The highest BCUT2D eigenvalue weighted by atomic mass is 16.3. The second-order valence-corrected chi connectivity index (χ2v) is 4.73. The number of aryl methyl sites for hydroxylation is 1. The van der Waals surface area contributed by atoms with E-state index in [2.05, 4.69) is 10.4 Å². The number of fused-ring (bicyclic) bond motifs is 1. The van der Waals surface area contributed by atoms with Gasteiger partial charge in [0.05, 0.1) is 5.52 Å². The molecule has 5 heteroatoms. The fourth-order valence-corrected chi connectivity index (χ4v) is 2.14. The molecule has 1 aromatic heterocycles. The van der Waals surface area contributed by atoms with Crippen LogP contribution in [-0.2, 0) is 7.05 Å². The van der Waals surface area contributed by atoms with Crippen LogP contribution in [0.15, 0.2) is 24.3 Å². The van der Waals surface area contributed by atoms with Crippen LogP contribution < -0.4 is 5.32 Å². The molecule has 2 N–H and O–H groups in total. The first-order chi connectivity index (χ1) is 9.13. The molecular weight excluding hydrogens is 242 g/mol. The number of amides is 1. The van der Waals surface area contributed by atoms with Gasteiger partial charge in [-0.25, -0.2) is 0 Å². The van der Waals surface area contributed by atoms with Crippen molar-refractivity contribution < 1.29 is 9.90 Å². The van der Waals surface area contributed by atoms with Crippen molar-refractivity contribution in [3.05, 3.63) is 30.0 Å². The summed E-state index contributed by atoms with van der Waals surface area (Å²) in [6.45, 7) is 2.07. The summed E-state index contributed by atoms with van der Waals surface area (Å²) in [4.78, 5) is 12.2. The Kier molecular flexibility index (Phi) is 4.16. The van der Waals surface area contributed by atoms with Crippen LogP contribution in [0.2, 0.25) is 0 Å². The topological polar surface area (TPSA) is 67.2 Å². The quantitative estimate of drug-likeness (QED) is 0.856. The molecule has 1 aromatic carbocycles. The number of nitrogens with one attached hydrogen (secondary N) is 1. The first-order valence-corrected chi connectivity index (χ1v) is 6.47. The van der Waals surface area contributed by atoms with Crippen molar-refractivity contribution in [1.29, 1.82) is 0 Å². The lowest BCUT2D eigenvalue weighted by atomic mass is 10.1. The minimum atomic E-state index is -0.165. The van der Waals surface area contributed by atoms with Crippen LogP contribution >= 0.6 is 0 Å². The maximum atomic E-state index is 12.2. The van der Waals surface area contributed by atoms with E-state index in [9.17, 15) is 4.79 Å². The van der Waals surface area contributed by atoms with E-state index >= 15 is 0 Å². The fraction of sp³-hybridized carbons (Fsp3) is 0.429. The van der Waals surface area contributed by atoms with Crippen molar-refractivity contribution in [3.8, 4) is 0 Å². The van der Waals surface area contributed by atoms with Gasteiger partial charge in [-0.05, 0) is 25.8 Å². The van der Waals surface area contributed by atoms with Crippen LogP contribution in [0.1, 0.15) is 30.3 Å². The first kappa shape index (κ1) is 13.5. The minimum absolute atomic E-state index is 0.0282. The third-order valence-electron chi connectivity index (χ3n) is 3.15. The van der Waals surface area contributed by atoms with E-state index in [0.29, 0.717) is 12.1 Å². The smallest absolute Gasteiger partial charge is 0.272 e. The Balaban J connectivity index is 2.18. The highest BCUT2D eigenvalue weighted by Gasteiger charge is 2.17. The minimum Gasteiger partial charge on any atom is -0.396 e. The lowest BCUT2D eigenvalue weighted by molar-refractivity contribution is 0.0932. The van der Waals surface area contributed by atoms with E-state index in [1.54, 1.807) is 4.68 Å². The average Bonchev–Trinajstić information content (AvgIpc) is 2.74. The number of aromatic nitrogens is 2. The number of aliphatic hydroxyl groups excluding tert-OH is 1. The molecule has 19 heavy (non-hydrogen) atoms. The van der Waals surface area contributed by atoms with E-state index < -0.39 is 0 Å². The monoisotopic (exact) mass is 261 g/mol. The zero-order valence-electron chi connectivity index (χ0n) is 11.3. The summed E-state index contributed by atoms with van der Waals surface area (Å²) in [5, 5.41) is 16.8. The number of rotatable bonds is 5. The first-order valence-electron chi connectivity index (χ1n) is 6.47. The summed E-state index contributed by atoms with van der Waals surface area (Å²) in [7, 11) is 1.83. The Morgan fingerprint density at radius 2 is 2.21 bits per heavy atom. The Morgan fingerprint density at radius 3 is 2.95 bits per heavy atom. The van der Waals surface area contributed by atoms with Crippen LogP contribution in [-0.4, -0.2) is 33.4 Å². The molecule has 5 nitrogen and oxygen atoms in total. The van der Waals surface area contributed by atoms with Crippen molar-refractivity contribution in [2.75, 3.05) is 6.61 Å². The summed E-state index contributed by atoms with van der Waals surface area (Å²) >= 11 is 0. The van der Waals surface area contributed by atoms with Crippen LogP contribution in [0.5, 0.6) is 0 Å². The predicted molar refractivity (Wildman–Crippen MR) is 74.0 cm³/mol. The standard InChI is InChI=1S/C14H19N3O2/c1-10(6-5-9-18)15-14(19)13-11-7-3-4-8-12(11)17(2)16-13/h3-4,7-8,10,18H,5-6,9H2,1-2H3,(H,15,19). The van der Waals surface area contributed by atoms with Gasteiger partial charge < -0.3 is 10.4 Å². The van der Waals surface area contributed by atoms with Crippen molar-refractivity contribution in [3.63, 3.8) is 0 Å². The summed E-state index contributed by atoms with van der Waals surface area (Å²) in [6.07, 6.45) is 1.44. The molecule has 0 bridgehead atoms. The molecule has 2 aromatic rings. The number of nitrogens with zero attached hydrogens (tertiary/aromatic N) is 2. The average molecular weight is 261 g/mol. The second kappa shape index (κ2) is 5.84. The summed E-state index contributed by atoms with van der Waals surface area (Å²) in [6, 6.07) is 7.69. The van der Waals surface area contributed by atoms with Crippen LogP contribution in [0.4, 0.5) is 0 Å². The number of hydrogen-bond donors (Lipinski definition) is 2. The van der Waals surface area contributed by atoms with Gasteiger partial charge in [0.15, 0.2) is 5.69 Å². The molecular formula is C14H19N3O2. The number of carbonyl (C=O) groups excluding carboxylic acids is 1.